The van der Waals surface area contributed by atoms with Crippen molar-refractivity contribution in [2.45, 2.75) is 33.0 Å². The van der Waals surface area contributed by atoms with Gasteiger partial charge in [0.25, 0.3) is 0 Å². The van der Waals surface area contributed by atoms with Crippen molar-refractivity contribution < 1.29 is 14.6 Å². The number of hydrogen-bond acceptors (Lipinski definition) is 4. The molecule has 0 aliphatic carbocycles. The summed E-state index contributed by atoms with van der Waals surface area (Å²) < 4.78 is 5.59. The SMILES string of the molecule is Cc1ccc(C)c(C(=O)CN2CC(C)OC(CO)C2)c1. The Balaban J connectivity index is 2.05. The zero-order valence-corrected chi connectivity index (χ0v) is 12.4. The first-order valence-electron chi connectivity index (χ1n) is 7.08. The van der Waals surface area contributed by atoms with Crippen molar-refractivity contribution >= 4 is 5.78 Å². The Morgan fingerprint density at radius 3 is 2.85 bits per heavy atom. The number of hydrogen-bond donors (Lipinski definition) is 1. The van der Waals surface area contributed by atoms with Gasteiger partial charge in [0, 0.05) is 18.7 Å². The molecule has 2 rings (SSSR count). The molecule has 0 amide bonds. The molecule has 110 valence electrons. The molecule has 1 aliphatic heterocycles. The van der Waals surface area contributed by atoms with E-state index in [-0.39, 0.29) is 24.6 Å². The fourth-order valence-corrected chi connectivity index (χ4v) is 2.70. The lowest BCUT2D eigenvalue weighted by Gasteiger charge is -2.35. The summed E-state index contributed by atoms with van der Waals surface area (Å²) in [5.41, 5.74) is 2.91. The van der Waals surface area contributed by atoms with E-state index in [1.165, 1.54) is 0 Å². The van der Waals surface area contributed by atoms with Gasteiger partial charge in [-0.25, -0.2) is 0 Å². The Morgan fingerprint density at radius 1 is 1.40 bits per heavy atom. The van der Waals surface area contributed by atoms with Gasteiger partial charge in [-0.3, -0.25) is 9.69 Å². The highest BCUT2D eigenvalue weighted by Gasteiger charge is 2.26. The molecule has 1 saturated heterocycles. The summed E-state index contributed by atoms with van der Waals surface area (Å²) in [7, 11) is 0. The van der Waals surface area contributed by atoms with Crippen molar-refractivity contribution in [2.75, 3.05) is 26.2 Å². The summed E-state index contributed by atoms with van der Waals surface area (Å²) in [5, 5.41) is 9.22. The maximum Gasteiger partial charge on any atom is 0.177 e. The summed E-state index contributed by atoms with van der Waals surface area (Å²) in [6.45, 7) is 7.65. The van der Waals surface area contributed by atoms with E-state index in [1.54, 1.807) is 0 Å². The van der Waals surface area contributed by atoms with Gasteiger partial charge in [-0.2, -0.15) is 0 Å². The molecular formula is C16H23NO3. The molecule has 0 aromatic heterocycles. The predicted octanol–water partition coefficient (Wildman–Crippen LogP) is 1.57. The third kappa shape index (κ3) is 3.66. The number of carbonyl (C=O) groups is 1. The lowest BCUT2D eigenvalue weighted by Crippen LogP contribution is -2.49. The van der Waals surface area contributed by atoms with Crippen LogP contribution in [0.15, 0.2) is 18.2 Å². The monoisotopic (exact) mass is 277 g/mol. The van der Waals surface area contributed by atoms with Crippen LogP contribution in [0.3, 0.4) is 0 Å². The molecule has 1 aliphatic rings. The molecule has 0 spiro atoms. The summed E-state index contributed by atoms with van der Waals surface area (Å²) >= 11 is 0. The molecule has 4 nitrogen and oxygen atoms in total. The molecule has 1 fully saturated rings. The van der Waals surface area contributed by atoms with Crippen LogP contribution in [0.2, 0.25) is 0 Å². The molecule has 2 unspecified atom stereocenters. The van der Waals surface area contributed by atoms with Crippen molar-refractivity contribution in [3.8, 4) is 0 Å². The number of aliphatic hydroxyl groups excluding tert-OH is 1. The molecular weight excluding hydrogens is 254 g/mol. The van der Waals surface area contributed by atoms with E-state index in [0.29, 0.717) is 13.1 Å². The first-order chi connectivity index (χ1) is 9.49. The number of ketones is 1. The minimum Gasteiger partial charge on any atom is -0.394 e. The molecule has 1 aromatic rings. The fraction of sp³-hybridized carbons (Fsp3) is 0.562. The number of ether oxygens (including phenoxy) is 1. The summed E-state index contributed by atoms with van der Waals surface area (Å²) in [6.07, 6.45) is -0.141. The van der Waals surface area contributed by atoms with E-state index in [1.807, 2.05) is 39.0 Å². The van der Waals surface area contributed by atoms with Crippen LogP contribution in [0, 0.1) is 13.8 Å². The number of aryl methyl sites for hydroxylation is 2. The lowest BCUT2D eigenvalue weighted by molar-refractivity contribution is -0.0926. The number of Topliss-reactive ketones (excluding diaryl/α,β-unsaturated/α-hetero) is 1. The second-order valence-corrected chi connectivity index (χ2v) is 5.69. The maximum atomic E-state index is 12.4. The van der Waals surface area contributed by atoms with Gasteiger partial charge in [-0.05, 0) is 32.4 Å². The number of benzene rings is 1. The molecule has 0 saturated carbocycles. The van der Waals surface area contributed by atoms with Crippen molar-refractivity contribution in [3.05, 3.63) is 34.9 Å². The minimum absolute atomic E-state index is 0.00148. The van der Waals surface area contributed by atoms with Crippen LogP contribution in [-0.2, 0) is 4.74 Å². The van der Waals surface area contributed by atoms with Gasteiger partial charge in [-0.1, -0.05) is 17.7 Å². The second-order valence-electron chi connectivity index (χ2n) is 5.69. The van der Waals surface area contributed by atoms with Gasteiger partial charge in [0.15, 0.2) is 5.78 Å². The summed E-state index contributed by atoms with van der Waals surface area (Å²) in [5.74, 6) is 0.136. The van der Waals surface area contributed by atoms with Crippen molar-refractivity contribution in [1.29, 1.82) is 0 Å². The highest BCUT2D eigenvalue weighted by atomic mass is 16.5. The number of aliphatic hydroxyl groups is 1. The molecule has 20 heavy (non-hydrogen) atoms. The van der Waals surface area contributed by atoms with Gasteiger partial charge < -0.3 is 9.84 Å². The van der Waals surface area contributed by atoms with Crippen LogP contribution in [-0.4, -0.2) is 54.2 Å². The van der Waals surface area contributed by atoms with Crippen LogP contribution in [0.25, 0.3) is 0 Å². The van der Waals surface area contributed by atoms with E-state index in [2.05, 4.69) is 4.90 Å². The second kappa shape index (κ2) is 6.48. The Bertz CT molecular complexity index is 487. The van der Waals surface area contributed by atoms with Gasteiger partial charge in [-0.15, -0.1) is 0 Å². The van der Waals surface area contributed by atoms with Gasteiger partial charge in [0.05, 0.1) is 25.4 Å². The Hall–Kier alpha value is -1.23. The molecule has 1 aromatic carbocycles. The average Bonchev–Trinajstić information content (AvgIpc) is 2.40. The summed E-state index contributed by atoms with van der Waals surface area (Å²) in [4.78, 5) is 14.5. The molecule has 0 bridgehead atoms. The number of nitrogens with zero attached hydrogens (tertiary/aromatic N) is 1. The van der Waals surface area contributed by atoms with E-state index < -0.39 is 0 Å². The van der Waals surface area contributed by atoms with Crippen LogP contribution in [0.1, 0.15) is 28.4 Å². The van der Waals surface area contributed by atoms with Crippen molar-refractivity contribution in [3.63, 3.8) is 0 Å². The van der Waals surface area contributed by atoms with E-state index in [4.69, 9.17) is 4.74 Å². The normalized spacial score (nSPS) is 23.8. The minimum atomic E-state index is -0.190. The third-order valence-electron chi connectivity index (χ3n) is 3.67. The van der Waals surface area contributed by atoms with Crippen LogP contribution >= 0.6 is 0 Å². The quantitative estimate of drug-likeness (QED) is 0.849. The van der Waals surface area contributed by atoms with Gasteiger partial charge in [0.1, 0.15) is 0 Å². The van der Waals surface area contributed by atoms with Crippen LogP contribution in [0.5, 0.6) is 0 Å². The van der Waals surface area contributed by atoms with E-state index in [0.717, 1.165) is 23.2 Å². The smallest absolute Gasteiger partial charge is 0.177 e. The largest absolute Gasteiger partial charge is 0.394 e. The van der Waals surface area contributed by atoms with Gasteiger partial charge in [0.2, 0.25) is 0 Å². The molecule has 2 atom stereocenters. The molecule has 1 N–H and O–H groups in total. The third-order valence-corrected chi connectivity index (χ3v) is 3.67. The standard InChI is InChI=1S/C16H23NO3/c1-11-4-5-12(2)15(6-11)16(19)9-17-7-13(3)20-14(8-17)10-18/h4-6,13-14,18H,7-10H2,1-3H3. The Kier molecular flexibility index (Phi) is 4.91. The first-order valence-corrected chi connectivity index (χ1v) is 7.08. The first kappa shape index (κ1) is 15.2. The average molecular weight is 277 g/mol. The fourth-order valence-electron chi connectivity index (χ4n) is 2.70. The van der Waals surface area contributed by atoms with Crippen LogP contribution in [0.4, 0.5) is 0 Å². The molecule has 0 radical (unpaired) electrons. The predicted molar refractivity (Wildman–Crippen MR) is 78.1 cm³/mol. The van der Waals surface area contributed by atoms with E-state index in [9.17, 15) is 9.90 Å². The Labute approximate surface area is 120 Å². The van der Waals surface area contributed by atoms with Crippen LogP contribution < -0.4 is 0 Å². The number of rotatable bonds is 4. The topological polar surface area (TPSA) is 49.8 Å². The molecule has 4 heteroatoms. The highest BCUT2D eigenvalue weighted by Crippen LogP contribution is 2.15. The lowest BCUT2D eigenvalue weighted by atomic mass is 10.0. The Morgan fingerprint density at radius 2 is 2.15 bits per heavy atom. The van der Waals surface area contributed by atoms with Crippen molar-refractivity contribution in [1.82, 2.24) is 4.90 Å². The van der Waals surface area contributed by atoms with Gasteiger partial charge >= 0.3 is 0 Å². The zero-order chi connectivity index (χ0) is 14.7. The zero-order valence-electron chi connectivity index (χ0n) is 12.4. The maximum absolute atomic E-state index is 12.4. The molecule has 1 heterocycles. The van der Waals surface area contributed by atoms with E-state index >= 15 is 0 Å². The summed E-state index contributed by atoms with van der Waals surface area (Å²) in [6, 6.07) is 5.96. The van der Waals surface area contributed by atoms with Crippen molar-refractivity contribution in [2.24, 2.45) is 0 Å². The highest BCUT2D eigenvalue weighted by molar-refractivity contribution is 5.99. The number of morpholine rings is 1. The number of carbonyl (C=O) groups excluding carboxylic acids is 1.